The molecule has 0 radical (unpaired) electrons. The molecule has 128 valence electrons. The number of carbonyl (C=O) groups is 1. The summed E-state index contributed by atoms with van der Waals surface area (Å²) in [6.45, 7) is 0. The number of nitrogens with two attached hydrogens (primary N) is 1. The number of fused-ring (bicyclic) bond motifs is 1. The van der Waals surface area contributed by atoms with E-state index >= 15 is 0 Å². The molecule has 1 aromatic carbocycles. The van der Waals surface area contributed by atoms with Gasteiger partial charge in [-0.15, -0.1) is 0 Å². The number of hydrogen-bond acceptors (Lipinski definition) is 6. The lowest BCUT2D eigenvalue weighted by Crippen LogP contribution is -2.28. The number of nitro groups is 1. The molecule has 0 bridgehead atoms. The van der Waals surface area contributed by atoms with Crippen molar-refractivity contribution in [2.75, 3.05) is 7.11 Å². The van der Waals surface area contributed by atoms with Gasteiger partial charge in [-0.05, 0) is 25.7 Å². The number of benzene rings is 1. The van der Waals surface area contributed by atoms with E-state index in [0.717, 1.165) is 12.8 Å². The molecule has 0 spiro atoms. The van der Waals surface area contributed by atoms with Gasteiger partial charge in [-0.25, -0.2) is 4.79 Å². The predicted molar refractivity (Wildman–Crippen MR) is 84.9 cm³/mol. The molecule has 1 amide bonds. The quantitative estimate of drug-likeness (QED) is 0.677. The summed E-state index contributed by atoms with van der Waals surface area (Å²) in [5.74, 6) is 0.191. The lowest BCUT2D eigenvalue weighted by molar-refractivity contribution is -0.385. The third kappa shape index (κ3) is 3.10. The summed E-state index contributed by atoms with van der Waals surface area (Å²) in [4.78, 5) is 21.4. The summed E-state index contributed by atoms with van der Waals surface area (Å²) in [6.07, 6.45) is 3.94. The molecule has 0 atom stereocenters. The summed E-state index contributed by atoms with van der Waals surface area (Å²) in [7, 11) is 1.39. The maximum atomic E-state index is 11.1. The molecule has 9 nitrogen and oxygen atoms in total. The van der Waals surface area contributed by atoms with Gasteiger partial charge in [-0.2, -0.15) is 5.10 Å². The molecule has 9 heteroatoms. The van der Waals surface area contributed by atoms with Crippen LogP contribution < -0.4 is 10.5 Å². The Balaban J connectivity index is 1.81. The van der Waals surface area contributed by atoms with Crippen molar-refractivity contribution in [3.63, 3.8) is 0 Å². The van der Waals surface area contributed by atoms with Gasteiger partial charge in [0.25, 0.3) is 0 Å². The number of aromatic nitrogens is 2. The van der Waals surface area contributed by atoms with Crippen molar-refractivity contribution in [3.8, 4) is 5.75 Å². The molecule has 1 aliphatic rings. The predicted octanol–water partition coefficient (Wildman–Crippen LogP) is 2.53. The summed E-state index contributed by atoms with van der Waals surface area (Å²) >= 11 is 0. The highest BCUT2D eigenvalue weighted by Crippen LogP contribution is 2.34. The molecule has 1 heterocycles. The summed E-state index contributed by atoms with van der Waals surface area (Å²) in [5.41, 5.74) is 5.61. The number of hydrogen-bond donors (Lipinski definition) is 1. The van der Waals surface area contributed by atoms with Crippen LogP contribution in [0.4, 0.5) is 10.5 Å². The lowest BCUT2D eigenvalue weighted by atomic mass is 9.93. The van der Waals surface area contributed by atoms with E-state index in [1.54, 1.807) is 6.07 Å². The minimum atomic E-state index is -0.748. The maximum Gasteiger partial charge on any atom is 0.404 e. The van der Waals surface area contributed by atoms with Crippen LogP contribution in [0.15, 0.2) is 18.3 Å². The number of primary amides is 1. The van der Waals surface area contributed by atoms with Crippen LogP contribution in [0.25, 0.3) is 10.9 Å². The third-order valence-electron chi connectivity index (χ3n) is 4.32. The molecule has 0 aliphatic heterocycles. The Morgan fingerprint density at radius 1 is 1.38 bits per heavy atom. The fourth-order valence-electron chi connectivity index (χ4n) is 3.14. The van der Waals surface area contributed by atoms with Gasteiger partial charge in [0.05, 0.1) is 23.6 Å². The van der Waals surface area contributed by atoms with E-state index < -0.39 is 11.0 Å². The van der Waals surface area contributed by atoms with Gasteiger partial charge in [0.1, 0.15) is 6.10 Å². The van der Waals surface area contributed by atoms with Crippen LogP contribution in [0.5, 0.6) is 5.75 Å². The second-order valence-corrected chi connectivity index (χ2v) is 5.82. The lowest BCUT2D eigenvalue weighted by Gasteiger charge is -2.27. The molecular weight excluding hydrogens is 316 g/mol. The Morgan fingerprint density at radius 2 is 2.08 bits per heavy atom. The summed E-state index contributed by atoms with van der Waals surface area (Å²) in [5, 5.41) is 16.3. The summed E-state index contributed by atoms with van der Waals surface area (Å²) in [6, 6.07) is 3.21. The number of ether oxygens (including phenoxy) is 2. The van der Waals surface area contributed by atoms with Gasteiger partial charge in [0, 0.05) is 23.7 Å². The number of carbonyl (C=O) groups excluding carboxylic acids is 1. The van der Waals surface area contributed by atoms with Crippen molar-refractivity contribution in [2.24, 2.45) is 5.73 Å². The molecule has 2 aromatic rings. The monoisotopic (exact) mass is 334 g/mol. The molecule has 2 N–H and O–H groups in total. The largest absolute Gasteiger partial charge is 0.490 e. The molecule has 0 saturated heterocycles. The van der Waals surface area contributed by atoms with Crippen LogP contribution in [0.3, 0.4) is 0 Å². The highest BCUT2D eigenvalue weighted by molar-refractivity contribution is 5.83. The van der Waals surface area contributed by atoms with E-state index in [4.69, 9.17) is 15.2 Å². The average molecular weight is 334 g/mol. The Morgan fingerprint density at radius 3 is 2.67 bits per heavy atom. The van der Waals surface area contributed by atoms with Crippen molar-refractivity contribution < 1.29 is 19.2 Å². The molecule has 1 aromatic heterocycles. The molecule has 1 saturated carbocycles. The third-order valence-corrected chi connectivity index (χ3v) is 4.32. The molecular formula is C15H18N4O5. The standard InChI is InChI=1S/C15H18N4O5/c1-23-14-7-12-9(6-13(14)19(21)22)8-18(17-12)10-2-4-11(5-3-10)24-15(16)20/h6-8,10-11H,2-5H2,1H3,(H2,16,20). The van der Waals surface area contributed by atoms with Crippen LogP contribution in [-0.2, 0) is 4.74 Å². The number of nitrogens with zero attached hydrogens (tertiary/aromatic N) is 3. The van der Waals surface area contributed by atoms with E-state index in [-0.39, 0.29) is 23.6 Å². The van der Waals surface area contributed by atoms with Gasteiger partial charge in [-0.3, -0.25) is 14.8 Å². The number of methoxy groups -OCH3 is 1. The van der Waals surface area contributed by atoms with Crippen molar-refractivity contribution in [1.82, 2.24) is 9.78 Å². The number of rotatable bonds is 4. The van der Waals surface area contributed by atoms with E-state index in [9.17, 15) is 14.9 Å². The van der Waals surface area contributed by atoms with E-state index in [2.05, 4.69) is 5.10 Å². The fourth-order valence-corrected chi connectivity index (χ4v) is 3.14. The van der Waals surface area contributed by atoms with Gasteiger partial charge < -0.3 is 15.2 Å². The van der Waals surface area contributed by atoms with E-state index in [1.165, 1.54) is 13.2 Å². The smallest absolute Gasteiger partial charge is 0.404 e. The zero-order valence-corrected chi connectivity index (χ0v) is 13.2. The normalized spacial score (nSPS) is 20.7. The second kappa shape index (κ2) is 6.34. The Hall–Kier alpha value is -2.84. The molecule has 1 fully saturated rings. The van der Waals surface area contributed by atoms with Crippen LogP contribution in [-0.4, -0.2) is 34.0 Å². The van der Waals surface area contributed by atoms with Crippen molar-refractivity contribution in [2.45, 2.75) is 37.8 Å². The topological polar surface area (TPSA) is 123 Å². The van der Waals surface area contributed by atoms with Crippen LogP contribution in [0.1, 0.15) is 31.7 Å². The first-order valence-electron chi connectivity index (χ1n) is 7.65. The van der Waals surface area contributed by atoms with Gasteiger partial charge >= 0.3 is 11.8 Å². The number of amides is 1. The Labute approximate surface area is 137 Å². The van der Waals surface area contributed by atoms with E-state index in [0.29, 0.717) is 23.7 Å². The zero-order chi connectivity index (χ0) is 17.3. The van der Waals surface area contributed by atoms with Crippen LogP contribution in [0, 0.1) is 10.1 Å². The minimum Gasteiger partial charge on any atom is -0.490 e. The van der Waals surface area contributed by atoms with Gasteiger partial charge in [0.15, 0.2) is 5.75 Å². The summed E-state index contributed by atoms with van der Waals surface area (Å²) < 4.78 is 11.9. The zero-order valence-electron chi connectivity index (χ0n) is 13.2. The average Bonchev–Trinajstić information content (AvgIpc) is 2.96. The van der Waals surface area contributed by atoms with E-state index in [1.807, 2.05) is 10.9 Å². The first-order valence-corrected chi connectivity index (χ1v) is 7.65. The fraction of sp³-hybridized carbons (Fsp3) is 0.467. The first kappa shape index (κ1) is 16.0. The molecule has 1 aliphatic carbocycles. The Bertz CT molecular complexity index is 780. The second-order valence-electron chi connectivity index (χ2n) is 5.82. The van der Waals surface area contributed by atoms with Crippen molar-refractivity contribution in [3.05, 3.63) is 28.4 Å². The SMILES string of the molecule is COc1cc2nn(C3CCC(OC(N)=O)CC3)cc2cc1[N+](=O)[O-]. The highest BCUT2D eigenvalue weighted by Gasteiger charge is 2.26. The van der Waals surface area contributed by atoms with Crippen molar-refractivity contribution in [1.29, 1.82) is 0 Å². The van der Waals surface area contributed by atoms with Gasteiger partial charge in [0.2, 0.25) is 0 Å². The van der Waals surface area contributed by atoms with Crippen molar-refractivity contribution >= 4 is 22.7 Å². The van der Waals surface area contributed by atoms with Crippen LogP contribution in [0.2, 0.25) is 0 Å². The maximum absolute atomic E-state index is 11.1. The van der Waals surface area contributed by atoms with Crippen LogP contribution >= 0.6 is 0 Å². The molecule has 0 unspecified atom stereocenters. The minimum absolute atomic E-state index is 0.0804. The Kier molecular flexibility index (Phi) is 4.24. The highest BCUT2D eigenvalue weighted by atomic mass is 16.6. The molecule has 3 rings (SSSR count). The van der Waals surface area contributed by atoms with Gasteiger partial charge in [-0.1, -0.05) is 0 Å². The molecule has 24 heavy (non-hydrogen) atoms. The number of nitro benzene ring substituents is 1. The first-order chi connectivity index (χ1) is 11.5.